The number of nitrogens with one attached hydrogen (secondary N) is 1. The van der Waals surface area contributed by atoms with Crippen LogP contribution in [0.4, 0.5) is 0 Å². The molecule has 0 saturated heterocycles. The van der Waals surface area contributed by atoms with Gasteiger partial charge in [0.2, 0.25) is 5.91 Å². The SMILES string of the molecule is COCCn1c(SCC(=O)NC2CCC(C)CC2)nc2ccc(Br)cc2c1=O. The second-order valence-electron chi connectivity index (χ2n) is 7.32. The van der Waals surface area contributed by atoms with Crippen molar-refractivity contribution in [2.75, 3.05) is 19.5 Å². The monoisotopic (exact) mass is 467 g/mol. The van der Waals surface area contributed by atoms with Gasteiger partial charge in [0.05, 0.1) is 29.8 Å². The highest BCUT2D eigenvalue weighted by molar-refractivity contribution is 9.10. The second kappa shape index (κ2) is 9.89. The number of carbonyl (C=O) groups is 1. The van der Waals surface area contributed by atoms with E-state index >= 15 is 0 Å². The number of rotatable bonds is 7. The lowest BCUT2D eigenvalue weighted by molar-refractivity contribution is -0.119. The minimum atomic E-state index is -0.118. The van der Waals surface area contributed by atoms with Gasteiger partial charge in [-0.05, 0) is 49.8 Å². The molecule has 0 aliphatic heterocycles. The van der Waals surface area contributed by atoms with Crippen LogP contribution in [0.25, 0.3) is 10.9 Å². The maximum Gasteiger partial charge on any atom is 0.262 e. The summed E-state index contributed by atoms with van der Waals surface area (Å²) in [4.78, 5) is 30.0. The van der Waals surface area contributed by atoms with Crippen LogP contribution >= 0.6 is 27.7 Å². The van der Waals surface area contributed by atoms with Crippen molar-refractivity contribution in [2.24, 2.45) is 5.92 Å². The zero-order valence-corrected chi connectivity index (χ0v) is 18.6. The molecule has 1 amide bonds. The number of hydrogen-bond acceptors (Lipinski definition) is 5. The van der Waals surface area contributed by atoms with E-state index in [0.717, 1.165) is 36.1 Å². The average molecular weight is 468 g/mol. The normalized spacial score (nSPS) is 19.7. The van der Waals surface area contributed by atoms with Crippen molar-refractivity contribution < 1.29 is 9.53 Å². The second-order valence-corrected chi connectivity index (χ2v) is 9.18. The summed E-state index contributed by atoms with van der Waals surface area (Å²) in [5, 5.41) is 4.22. The van der Waals surface area contributed by atoms with Gasteiger partial charge in [0.15, 0.2) is 5.16 Å². The Balaban J connectivity index is 1.74. The van der Waals surface area contributed by atoms with E-state index in [0.29, 0.717) is 29.2 Å². The molecule has 8 heteroatoms. The number of carbonyl (C=O) groups excluding carboxylic acids is 1. The van der Waals surface area contributed by atoms with Crippen LogP contribution in [0, 0.1) is 5.92 Å². The third-order valence-corrected chi connectivity index (χ3v) is 6.58. The number of nitrogens with zero attached hydrogens (tertiary/aromatic N) is 2. The van der Waals surface area contributed by atoms with E-state index in [-0.39, 0.29) is 23.3 Å². The summed E-state index contributed by atoms with van der Waals surface area (Å²) in [5.41, 5.74) is 0.513. The highest BCUT2D eigenvalue weighted by atomic mass is 79.9. The molecule has 2 aromatic rings. The number of methoxy groups -OCH3 is 1. The Bertz CT molecular complexity index is 894. The van der Waals surface area contributed by atoms with Crippen molar-refractivity contribution in [1.82, 2.24) is 14.9 Å². The fraction of sp³-hybridized carbons (Fsp3) is 0.550. The van der Waals surface area contributed by atoms with Gasteiger partial charge in [-0.3, -0.25) is 14.2 Å². The number of thioether (sulfide) groups is 1. The number of fused-ring (bicyclic) bond motifs is 1. The Morgan fingerprint density at radius 1 is 1.36 bits per heavy atom. The van der Waals surface area contributed by atoms with Crippen LogP contribution in [0.1, 0.15) is 32.6 Å². The third-order valence-electron chi connectivity index (χ3n) is 5.11. The molecule has 1 aromatic carbocycles. The highest BCUT2D eigenvalue weighted by Gasteiger charge is 2.20. The topological polar surface area (TPSA) is 73.2 Å². The molecule has 1 heterocycles. The first kappa shape index (κ1) is 21.3. The summed E-state index contributed by atoms with van der Waals surface area (Å²) in [6.07, 6.45) is 4.41. The predicted octanol–water partition coefficient (Wildman–Crippen LogP) is 3.59. The molecule has 1 aliphatic rings. The fourth-order valence-electron chi connectivity index (χ4n) is 3.47. The summed E-state index contributed by atoms with van der Waals surface area (Å²) in [5.74, 6) is 0.987. The van der Waals surface area contributed by atoms with Gasteiger partial charge in [-0.25, -0.2) is 4.98 Å². The van der Waals surface area contributed by atoms with Gasteiger partial charge in [0.25, 0.3) is 5.56 Å². The lowest BCUT2D eigenvalue weighted by atomic mass is 9.87. The first-order valence-electron chi connectivity index (χ1n) is 9.59. The van der Waals surface area contributed by atoms with E-state index in [9.17, 15) is 9.59 Å². The maximum atomic E-state index is 12.9. The minimum Gasteiger partial charge on any atom is -0.383 e. The van der Waals surface area contributed by atoms with E-state index in [1.54, 1.807) is 17.7 Å². The molecule has 28 heavy (non-hydrogen) atoms. The summed E-state index contributed by atoms with van der Waals surface area (Å²) < 4.78 is 7.57. The highest BCUT2D eigenvalue weighted by Crippen LogP contribution is 2.24. The number of benzene rings is 1. The Morgan fingerprint density at radius 3 is 2.82 bits per heavy atom. The number of amides is 1. The molecule has 0 radical (unpaired) electrons. The van der Waals surface area contributed by atoms with Gasteiger partial charge in [-0.2, -0.15) is 0 Å². The Morgan fingerprint density at radius 2 is 2.11 bits per heavy atom. The van der Waals surface area contributed by atoms with Crippen LogP contribution in [-0.4, -0.2) is 41.0 Å². The minimum absolute atomic E-state index is 0.00648. The fourth-order valence-corrected chi connectivity index (χ4v) is 4.66. The molecule has 1 N–H and O–H groups in total. The van der Waals surface area contributed by atoms with E-state index in [2.05, 4.69) is 33.2 Å². The van der Waals surface area contributed by atoms with Crippen molar-refractivity contribution in [3.05, 3.63) is 33.0 Å². The average Bonchev–Trinajstić information content (AvgIpc) is 2.68. The van der Waals surface area contributed by atoms with Crippen molar-refractivity contribution in [3.63, 3.8) is 0 Å². The molecule has 0 spiro atoms. The molecular weight excluding hydrogens is 442 g/mol. The first-order valence-corrected chi connectivity index (χ1v) is 11.4. The van der Waals surface area contributed by atoms with Gasteiger partial charge >= 0.3 is 0 Å². The quantitative estimate of drug-likeness (QED) is 0.497. The van der Waals surface area contributed by atoms with Crippen molar-refractivity contribution >= 4 is 44.5 Å². The molecule has 0 unspecified atom stereocenters. The maximum absolute atomic E-state index is 12.9. The number of halogens is 1. The molecule has 1 fully saturated rings. The molecule has 0 atom stereocenters. The number of ether oxygens (including phenoxy) is 1. The predicted molar refractivity (Wildman–Crippen MR) is 116 cm³/mol. The lowest BCUT2D eigenvalue weighted by Gasteiger charge is -2.26. The molecule has 152 valence electrons. The third kappa shape index (κ3) is 5.36. The van der Waals surface area contributed by atoms with Gasteiger partial charge in [-0.15, -0.1) is 0 Å². The molecular formula is C20H26BrN3O3S. The Kier molecular flexibility index (Phi) is 7.54. The first-order chi connectivity index (χ1) is 13.5. The van der Waals surface area contributed by atoms with Gasteiger partial charge in [0.1, 0.15) is 0 Å². The van der Waals surface area contributed by atoms with Crippen LogP contribution in [-0.2, 0) is 16.1 Å². The van der Waals surface area contributed by atoms with Crippen LogP contribution < -0.4 is 10.9 Å². The molecule has 0 bridgehead atoms. The van der Waals surface area contributed by atoms with Crippen molar-refractivity contribution in [2.45, 2.75) is 50.4 Å². The molecule has 1 saturated carbocycles. The van der Waals surface area contributed by atoms with Gasteiger partial charge < -0.3 is 10.1 Å². The zero-order valence-electron chi connectivity index (χ0n) is 16.2. The van der Waals surface area contributed by atoms with E-state index in [1.807, 2.05) is 12.1 Å². The molecule has 1 aliphatic carbocycles. The van der Waals surface area contributed by atoms with Crippen LogP contribution in [0.3, 0.4) is 0 Å². The summed E-state index contributed by atoms with van der Waals surface area (Å²) >= 11 is 4.70. The molecule has 1 aromatic heterocycles. The Hall–Kier alpha value is -1.38. The van der Waals surface area contributed by atoms with E-state index in [1.165, 1.54) is 11.8 Å². The zero-order chi connectivity index (χ0) is 20.1. The summed E-state index contributed by atoms with van der Waals surface area (Å²) in [7, 11) is 1.60. The summed E-state index contributed by atoms with van der Waals surface area (Å²) in [6.45, 7) is 3.06. The van der Waals surface area contributed by atoms with Crippen LogP contribution in [0.2, 0.25) is 0 Å². The van der Waals surface area contributed by atoms with E-state index < -0.39 is 0 Å². The van der Waals surface area contributed by atoms with Gasteiger partial charge in [0, 0.05) is 17.6 Å². The summed E-state index contributed by atoms with van der Waals surface area (Å²) in [6, 6.07) is 5.72. The van der Waals surface area contributed by atoms with E-state index in [4.69, 9.17) is 4.74 Å². The number of hydrogen-bond donors (Lipinski definition) is 1. The largest absolute Gasteiger partial charge is 0.383 e. The standard InChI is InChI=1S/C20H26BrN3O3S/c1-13-3-6-15(7-4-13)22-18(25)12-28-20-23-17-8-5-14(21)11-16(17)19(26)24(20)9-10-27-2/h5,8,11,13,15H,3-4,6-7,9-10,12H2,1-2H3,(H,22,25). The molecule has 6 nitrogen and oxygen atoms in total. The Labute approximate surface area is 177 Å². The lowest BCUT2D eigenvalue weighted by Crippen LogP contribution is -2.38. The van der Waals surface area contributed by atoms with Crippen molar-refractivity contribution in [1.29, 1.82) is 0 Å². The molecule has 3 rings (SSSR count). The van der Waals surface area contributed by atoms with Crippen LogP contribution in [0.15, 0.2) is 32.6 Å². The smallest absolute Gasteiger partial charge is 0.262 e. The van der Waals surface area contributed by atoms with Gasteiger partial charge in [-0.1, -0.05) is 34.6 Å². The number of aromatic nitrogens is 2. The van der Waals surface area contributed by atoms with Crippen LogP contribution in [0.5, 0.6) is 0 Å². The van der Waals surface area contributed by atoms with Crippen molar-refractivity contribution in [3.8, 4) is 0 Å².